The second kappa shape index (κ2) is 8.47. The first-order chi connectivity index (χ1) is 8.77. The summed E-state index contributed by atoms with van der Waals surface area (Å²) in [6.07, 6.45) is 4.82. The van der Waals surface area contributed by atoms with Gasteiger partial charge in [-0.3, -0.25) is 0 Å². The van der Waals surface area contributed by atoms with Crippen LogP contribution in [-0.4, -0.2) is 38.3 Å². The highest BCUT2D eigenvalue weighted by molar-refractivity contribution is 5.89. The molecule has 0 aliphatic heterocycles. The third-order valence-corrected chi connectivity index (χ3v) is 2.51. The van der Waals surface area contributed by atoms with Crippen molar-refractivity contribution in [2.24, 2.45) is 0 Å². The van der Waals surface area contributed by atoms with Crippen molar-refractivity contribution in [3.8, 4) is 0 Å². The van der Waals surface area contributed by atoms with E-state index in [1.807, 2.05) is 0 Å². The molecule has 0 radical (unpaired) electrons. The molecule has 0 spiro atoms. The van der Waals surface area contributed by atoms with Gasteiger partial charge in [0.15, 0.2) is 0 Å². The summed E-state index contributed by atoms with van der Waals surface area (Å²) in [5, 5.41) is 3.18. The number of pyridine rings is 1. The lowest BCUT2D eigenvalue weighted by atomic mass is 10.2. The Morgan fingerprint density at radius 1 is 1.33 bits per heavy atom. The normalized spacial score (nSPS) is 10.1. The average molecular weight is 252 g/mol. The Bertz CT molecular complexity index is 369. The van der Waals surface area contributed by atoms with Crippen molar-refractivity contribution in [2.75, 3.05) is 32.7 Å². The van der Waals surface area contributed by atoms with Crippen LogP contribution in [0, 0.1) is 0 Å². The molecular formula is C13H20N2O3. The number of hydrogen-bond donors (Lipinski definition) is 1. The predicted octanol–water partition coefficient (Wildman–Crippen LogP) is 2.10. The third-order valence-electron chi connectivity index (χ3n) is 2.51. The van der Waals surface area contributed by atoms with Gasteiger partial charge < -0.3 is 14.8 Å². The van der Waals surface area contributed by atoms with Gasteiger partial charge in [-0.25, -0.2) is 9.78 Å². The lowest BCUT2D eigenvalue weighted by Gasteiger charge is -2.06. The molecule has 100 valence electrons. The van der Waals surface area contributed by atoms with Crippen LogP contribution in [0.4, 0.5) is 5.82 Å². The Hall–Kier alpha value is -1.62. The summed E-state index contributed by atoms with van der Waals surface area (Å²) < 4.78 is 9.63. The van der Waals surface area contributed by atoms with Crippen molar-refractivity contribution in [1.29, 1.82) is 0 Å². The molecule has 0 saturated heterocycles. The van der Waals surface area contributed by atoms with Gasteiger partial charge in [0.1, 0.15) is 5.82 Å². The van der Waals surface area contributed by atoms with Crippen LogP contribution in [0.15, 0.2) is 18.3 Å². The molecule has 5 nitrogen and oxygen atoms in total. The van der Waals surface area contributed by atoms with E-state index in [0.717, 1.165) is 32.4 Å². The summed E-state index contributed by atoms with van der Waals surface area (Å²) in [6, 6.07) is 3.33. The first kappa shape index (κ1) is 14.4. The average Bonchev–Trinajstić information content (AvgIpc) is 2.42. The predicted molar refractivity (Wildman–Crippen MR) is 69.8 cm³/mol. The molecule has 1 rings (SSSR count). The number of hydrogen-bond acceptors (Lipinski definition) is 5. The number of esters is 1. The lowest BCUT2D eigenvalue weighted by molar-refractivity contribution is 0.0600. The number of nitrogens with one attached hydrogen (secondary N) is 1. The van der Waals surface area contributed by atoms with Crippen LogP contribution in [0.3, 0.4) is 0 Å². The molecule has 0 aliphatic carbocycles. The van der Waals surface area contributed by atoms with Crippen LogP contribution in [0.2, 0.25) is 0 Å². The summed E-state index contributed by atoms with van der Waals surface area (Å²) >= 11 is 0. The largest absolute Gasteiger partial charge is 0.465 e. The van der Waals surface area contributed by atoms with Gasteiger partial charge in [0.2, 0.25) is 0 Å². The fourth-order valence-corrected chi connectivity index (χ4v) is 1.54. The number of unbranched alkanes of at least 4 members (excludes halogenated alkanes) is 2. The maximum absolute atomic E-state index is 11.3. The molecule has 1 heterocycles. The zero-order valence-corrected chi connectivity index (χ0v) is 10.9. The summed E-state index contributed by atoms with van der Waals surface area (Å²) in [7, 11) is 3.08. The molecule has 18 heavy (non-hydrogen) atoms. The minimum Gasteiger partial charge on any atom is -0.465 e. The monoisotopic (exact) mass is 252 g/mol. The van der Waals surface area contributed by atoms with Gasteiger partial charge in [0, 0.05) is 26.5 Å². The number of methoxy groups -OCH3 is 2. The van der Waals surface area contributed by atoms with E-state index in [9.17, 15) is 4.79 Å². The number of carbonyl (C=O) groups is 1. The summed E-state index contributed by atoms with van der Waals surface area (Å²) in [5.74, 6) is 0.352. The van der Waals surface area contributed by atoms with E-state index in [1.54, 1.807) is 25.4 Å². The molecule has 0 saturated carbocycles. The quantitative estimate of drug-likeness (QED) is 0.567. The SMILES string of the molecule is COCCCCCNc1cc(C(=O)OC)ccn1. The standard InChI is InChI=1S/C13H20N2O3/c1-17-9-5-3-4-7-14-12-10-11(6-8-15-12)13(16)18-2/h6,8,10H,3-5,7,9H2,1-2H3,(H,14,15). The van der Waals surface area contributed by atoms with Crippen LogP contribution in [0.1, 0.15) is 29.6 Å². The van der Waals surface area contributed by atoms with E-state index in [0.29, 0.717) is 11.4 Å². The molecule has 0 aromatic carbocycles. The number of ether oxygens (including phenoxy) is 2. The highest BCUT2D eigenvalue weighted by Gasteiger charge is 2.05. The van der Waals surface area contributed by atoms with Crippen molar-refractivity contribution in [2.45, 2.75) is 19.3 Å². The topological polar surface area (TPSA) is 60.5 Å². The van der Waals surface area contributed by atoms with Gasteiger partial charge in [0.25, 0.3) is 0 Å². The zero-order chi connectivity index (χ0) is 13.2. The minimum atomic E-state index is -0.347. The highest BCUT2D eigenvalue weighted by atomic mass is 16.5. The summed E-state index contributed by atoms with van der Waals surface area (Å²) in [6.45, 7) is 1.64. The molecule has 1 aromatic heterocycles. The molecule has 1 aromatic rings. The molecule has 1 N–H and O–H groups in total. The first-order valence-electron chi connectivity index (χ1n) is 6.05. The first-order valence-corrected chi connectivity index (χ1v) is 6.05. The van der Waals surface area contributed by atoms with Crippen molar-refractivity contribution in [3.63, 3.8) is 0 Å². The summed E-state index contributed by atoms with van der Waals surface area (Å²) in [5.41, 5.74) is 0.509. The molecule has 0 unspecified atom stereocenters. The van der Waals surface area contributed by atoms with Crippen molar-refractivity contribution >= 4 is 11.8 Å². The second-order valence-electron chi connectivity index (χ2n) is 3.90. The number of rotatable bonds is 8. The second-order valence-corrected chi connectivity index (χ2v) is 3.90. The Morgan fingerprint density at radius 2 is 2.17 bits per heavy atom. The Balaban J connectivity index is 2.32. The fourth-order valence-electron chi connectivity index (χ4n) is 1.54. The lowest BCUT2D eigenvalue weighted by Crippen LogP contribution is -2.06. The van der Waals surface area contributed by atoms with Crippen molar-refractivity contribution in [3.05, 3.63) is 23.9 Å². The maximum atomic E-state index is 11.3. The van der Waals surface area contributed by atoms with E-state index >= 15 is 0 Å². The van der Waals surface area contributed by atoms with Gasteiger partial charge in [-0.1, -0.05) is 0 Å². The van der Waals surface area contributed by atoms with Gasteiger partial charge in [-0.2, -0.15) is 0 Å². The number of nitrogens with zero attached hydrogens (tertiary/aromatic N) is 1. The molecule has 0 atom stereocenters. The maximum Gasteiger partial charge on any atom is 0.338 e. The molecule has 5 heteroatoms. The van der Waals surface area contributed by atoms with Crippen LogP contribution in [-0.2, 0) is 9.47 Å². The molecule has 0 fully saturated rings. The Labute approximate surface area is 108 Å². The van der Waals surface area contributed by atoms with E-state index in [2.05, 4.69) is 15.0 Å². The van der Waals surface area contributed by atoms with E-state index in [4.69, 9.17) is 4.74 Å². The van der Waals surface area contributed by atoms with E-state index in [-0.39, 0.29) is 5.97 Å². The number of aromatic nitrogens is 1. The third kappa shape index (κ3) is 5.14. The fraction of sp³-hybridized carbons (Fsp3) is 0.538. The van der Waals surface area contributed by atoms with Gasteiger partial charge >= 0.3 is 5.97 Å². The van der Waals surface area contributed by atoms with E-state index in [1.165, 1.54) is 7.11 Å². The van der Waals surface area contributed by atoms with Crippen LogP contribution in [0.5, 0.6) is 0 Å². The highest BCUT2D eigenvalue weighted by Crippen LogP contribution is 2.08. The Morgan fingerprint density at radius 3 is 2.89 bits per heavy atom. The van der Waals surface area contributed by atoms with Crippen LogP contribution in [0.25, 0.3) is 0 Å². The van der Waals surface area contributed by atoms with Gasteiger partial charge in [-0.15, -0.1) is 0 Å². The van der Waals surface area contributed by atoms with Crippen LogP contribution < -0.4 is 5.32 Å². The molecule has 0 bridgehead atoms. The smallest absolute Gasteiger partial charge is 0.338 e. The van der Waals surface area contributed by atoms with Gasteiger partial charge in [-0.05, 0) is 31.4 Å². The Kier molecular flexibility index (Phi) is 6.79. The molecule has 0 aliphatic rings. The van der Waals surface area contributed by atoms with Crippen molar-refractivity contribution in [1.82, 2.24) is 4.98 Å². The molecule has 0 amide bonds. The van der Waals surface area contributed by atoms with Gasteiger partial charge in [0.05, 0.1) is 12.7 Å². The number of carbonyl (C=O) groups excluding carboxylic acids is 1. The number of anilines is 1. The molecular weight excluding hydrogens is 232 g/mol. The summed E-state index contributed by atoms with van der Waals surface area (Å²) in [4.78, 5) is 15.5. The van der Waals surface area contributed by atoms with Crippen LogP contribution >= 0.6 is 0 Å². The minimum absolute atomic E-state index is 0.347. The van der Waals surface area contributed by atoms with E-state index < -0.39 is 0 Å². The zero-order valence-electron chi connectivity index (χ0n) is 10.9. The van der Waals surface area contributed by atoms with Crippen molar-refractivity contribution < 1.29 is 14.3 Å².